The monoisotopic (exact) mass is 612 g/mol. The van der Waals surface area contributed by atoms with Gasteiger partial charge in [0.2, 0.25) is 0 Å². The minimum atomic E-state index is -0.846. The van der Waals surface area contributed by atoms with Crippen molar-refractivity contribution in [3.63, 3.8) is 0 Å². The molecule has 222 valence electrons. The van der Waals surface area contributed by atoms with Crippen molar-refractivity contribution in [3.8, 4) is 5.69 Å². The summed E-state index contributed by atoms with van der Waals surface area (Å²) in [7, 11) is 0. The molecule has 0 aliphatic carbocycles. The van der Waals surface area contributed by atoms with Crippen LogP contribution in [0, 0.1) is 11.6 Å². The van der Waals surface area contributed by atoms with Gasteiger partial charge in [0.1, 0.15) is 0 Å². The number of aliphatic imine (C=N–C) groups is 1. The summed E-state index contributed by atoms with van der Waals surface area (Å²) in [5.41, 5.74) is 5.16. The number of benzene rings is 2. The molecule has 0 spiro atoms. The molecule has 2 nitrogen and oxygen atoms in total. The molecule has 0 amide bonds. The van der Waals surface area contributed by atoms with Crippen LogP contribution in [0.15, 0.2) is 70.5 Å². The molecule has 6 heteroatoms. The van der Waals surface area contributed by atoms with Crippen molar-refractivity contribution < 1.29 is 8.78 Å². The Morgan fingerprint density at radius 3 is 2.30 bits per heavy atom. The summed E-state index contributed by atoms with van der Waals surface area (Å²) in [5, 5.41) is 6.45. The topological polar surface area (TPSA) is 17.3 Å². The zero-order chi connectivity index (χ0) is 30.1. The number of thiophene rings is 2. The highest BCUT2D eigenvalue weighted by Gasteiger charge is 2.30. The number of nitrogens with zero attached hydrogens (tertiary/aromatic N) is 2. The zero-order valence-corrected chi connectivity index (χ0v) is 26.9. The van der Waals surface area contributed by atoms with Gasteiger partial charge >= 0.3 is 0 Å². The lowest BCUT2D eigenvalue weighted by Gasteiger charge is -2.14. The van der Waals surface area contributed by atoms with Gasteiger partial charge in [-0.15, -0.1) is 22.7 Å². The van der Waals surface area contributed by atoms with Crippen LogP contribution in [0.1, 0.15) is 110 Å². The summed E-state index contributed by atoms with van der Waals surface area (Å²) >= 11 is 3.48. The maximum absolute atomic E-state index is 15.6. The smallest absolute Gasteiger partial charge is 0.168 e. The Hall–Kier alpha value is -3.35. The maximum Gasteiger partial charge on any atom is 0.168 e. The minimum Gasteiger partial charge on any atom is -0.315 e. The maximum atomic E-state index is 15.6. The SMILES string of the molecule is CCCCC(C)c1sccc1C1=NC(=Cc2c3ccccc3cn2-c2ccsc2C(C)CCCC)c2ccc(F)c(F)c21. The number of rotatable bonds is 11. The highest BCUT2D eigenvalue weighted by Crippen LogP contribution is 2.41. The van der Waals surface area contributed by atoms with E-state index in [0.717, 1.165) is 47.7 Å². The van der Waals surface area contributed by atoms with Gasteiger partial charge in [-0.05, 0) is 65.8 Å². The lowest BCUT2D eigenvalue weighted by Crippen LogP contribution is -2.08. The van der Waals surface area contributed by atoms with E-state index in [0.29, 0.717) is 28.8 Å². The number of unbranched alkanes of at least 4 members (excludes halogenated alkanes) is 2. The third-order valence-corrected chi connectivity index (χ3v) is 10.9. The lowest BCUT2D eigenvalue weighted by molar-refractivity contribution is 0.507. The average Bonchev–Trinajstić information content (AvgIpc) is 3.81. The zero-order valence-electron chi connectivity index (χ0n) is 25.3. The molecule has 6 rings (SSSR count). The third kappa shape index (κ3) is 5.56. The van der Waals surface area contributed by atoms with Crippen molar-refractivity contribution in [3.05, 3.63) is 109 Å². The largest absolute Gasteiger partial charge is 0.315 e. The molecular weight excluding hydrogens is 575 g/mol. The first-order chi connectivity index (χ1) is 20.9. The van der Waals surface area contributed by atoms with Gasteiger partial charge in [0, 0.05) is 43.4 Å². The molecule has 0 saturated carbocycles. The molecule has 2 atom stereocenters. The van der Waals surface area contributed by atoms with Crippen molar-refractivity contribution in [1.29, 1.82) is 0 Å². The molecule has 0 bridgehead atoms. The molecule has 1 aliphatic rings. The molecule has 4 heterocycles. The summed E-state index contributed by atoms with van der Waals surface area (Å²) in [6, 6.07) is 15.5. The molecule has 2 aromatic carbocycles. The van der Waals surface area contributed by atoms with Gasteiger partial charge in [-0.2, -0.15) is 0 Å². The fourth-order valence-electron chi connectivity index (χ4n) is 6.26. The third-order valence-electron chi connectivity index (χ3n) is 8.64. The van der Waals surface area contributed by atoms with E-state index in [1.54, 1.807) is 28.7 Å². The Bertz CT molecular complexity index is 1820. The summed E-state index contributed by atoms with van der Waals surface area (Å²) in [6.45, 7) is 8.96. The first-order valence-corrected chi connectivity index (χ1v) is 17.2. The standard InChI is InChI=1S/C37H38F2N2S2/c1-5-7-11-23(3)36-28(17-19-42-36)35-33-27(15-16-29(38)34(33)39)30(40-35)21-32-26-14-10-9-13-25(26)22-41(32)31-18-20-43-37(31)24(4)12-8-6-2/h9-10,13-24H,5-8,11-12H2,1-4H3. The summed E-state index contributed by atoms with van der Waals surface area (Å²) in [5.74, 6) is -0.912. The van der Waals surface area contributed by atoms with E-state index in [1.165, 1.54) is 34.3 Å². The first-order valence-electron chi connectivity index (χ1n) is 15.5. The molecular formula is C37H38F2N2S2. The van der Waals surface area contributed by atoms with Crippen molar-refractivity contribution in [1.82, 2.24) is 4.57 Å². The number of hydrogen-bond donors (Lipinski definition) is 0. The van der Waals surface area contributed by atoms with E-state index >= 15 is 4.39 Å². The van der Waals surface area contributed by atoms with Crippen LogP contribution >= 0.6 is 22.7 Å². The van der Waals surface area contributed by atoms with Gasteiger partial charge in [0.05, 0.1) is 22.8 Å². The first kappa shape index (κ1) is 29.7. The van der Waals surface area contributed by atoms with E-state index in [2.05, 4.69) is 80.2 Å². The molecule has 0 saturated heterocycles. The van der Waals surface area contributed by atoms with Gasteiger partial charge in [0.15, 0.2) is 11.6 Å². The molecule has 0 fully saturated rings. The Morgan fingerprint density at radius 1 is 0.837 bits per heavy atom. The molecule has 43 heavy (non-hydrogen) atoms. The van der Waals surface area contributed by atoms with Crippen molar-refractivity contribution in [2.24, 2.45) is 4.99 Å². The fraction of sp³-hybridized carbons (Fsp3) is 0.324. The second-order valence-corrected chi connectivity index (χ2v) is 13.6. The normalized spacial score (nSPS) is 15.3. The van der Waals surface area contributed by atoms with Gasteiger partial charge < -0.3 is 4.57 Å². The molecule has 1 aliphatic heterocycles. The van der Waals surface area contributed by atoms with Gasteiger partial charge in [-0.1, -0.05) is 77.6 Å². The van der Waals surface area contributed by atoms with Crippen molar-refractivity contribution in [2.75, 3.05) is 0 Å². The lowest BCUT2D eigenvalue weighted by atomic mass is 9.94. The number of fused-ring (bicyclic) bond motifs is 2. The van der Waals surface area contributed by atoms with Crippen molar-refractivity contribution >= 4 is 50.9 Å². The van der Waals surface area contributed by atoms with Gasteiger partial charge in [0.25, 0.3) is 0 Å². The molecule has 2 unspecified atom stereocenters. The van der Waals surface area contributed by atoms with Crippen LogP contribution in [0.2, 0.25) is 0 Å². The van der Waals surface area contributed by atoms with Crippen LogP contribution in [0.5, 0.6) is 0 Å². The van der Waals surface area contributed by atoms with Crippen LogP contribution in [-0.4, -0.2) is 10.3 Å². The van der Waals surface area contributed by atoms with Crippen LogP contribution < -0.4 is 0 Å². The van der Waals surface area contributed by atoms with E-state index < -0.39 is 11.6 Å². The molecule has 5 aromatic rings. The Balaban J connectivity index is 1.53. The van der Waals surface area contributed by atoms with Crippen LogP contribution in [0.25, 0.3) is 28.2 Å². The fourth-order valence-corrected chi connectivity index (χ4v) is 8.23. The minimum absolute atomic E-state index is 0.264. The summed E-state index contributed by atoms with van der Waals surface area (Å²) in [6.07, 6.45) is 11.1. The number of aromatic nitrogens is 1. The quantitative estimate of drug-likeness (QED) is 0.141. The van der Waals surface area contributed by atoms with Gasteiger partial charge in [-0.25, -0.2) is 13.8 Å². The predicted octanol–water partition coefficient (Wildman–Crippen LogP) is 12.0. The Labute approximate surface area is 261 Å². The van der Waals surface area contributed by atoms with Gasteiger partial charge in [-0.3, -0.25) is 0 Å². The second kappa shape index (κ2) is 12.7. The van der Waals surface area contributed by atoms with Crippen LogP contribution in [-0.2, 0) is 0 Å². The second-order valence-electron chi connectivity index (χ2n) is 11.7. The number of halogens is 2. The molecule has 3 aromatic heterocycles. The average molecular weight is 613 g/mol. The highest BCUT2D eigenvalue weighted by atomic mass is 32.1. The van der Waals surface area contributed by atoms with E-state index in [-0.39, 0.29) is 5.56 Å². The van der Waals surface area contributed by atoms with E-state index in [9.17, 15) is 4.39 Å². The Morgan fingerprint density at radius 2 is 1.53 bits per heavy atom. The highest BCUT2D eigenvalue weighted by molar-refractivity contribution is 7.10. The van der Waals surface area contributed by atoms with Crippen LogP contribution in [0.4, 0.5) is 8.78 Å². The van der Waals surface area contributed by atoms with E-state index in [1.807, 2.05) is 11.4 Å². The number of hydrogen-bond acceptors (Lipinski definition) is 3. The Kier molecular flexibility index (Phi) is 8.78. The summed E-state index contributed by atoms with van der Waals surface area (Å²) < 4.78 is 32.6. The summed E-state index contributed by atoms with van der Waals surface area (Å²) in [4.78, 5) is 7.64. The predicted molar refractivity (Wildman–Crippen MR) is 181 cm³/mol. The van der Waals surface area contributed by atoms with Crippen LogP contribution in [0.3, 0.4) is 0 Å². The molecule has 0 N–H and O–H groups in total. The molecule has 0 radical (unpaired) electrons. The van der Waals surface area contributed by atoms with Crippen molar-refractivity contribution in [2.45, 2.75) is 78.1 Å². The van der Waals surface area contributed by atoms with E-state index in [4.69, 9.17) is 4.99 Å².